The Balaban J connectivity index is 1.26. The Hall–Kier alpha value is -6.18. The summed E-state index contributed by atoms with van der Waals surface area (Å²) >= 11 is 0. The van der Waals surface area contributed by atoms with Gasteiger partial charge in [0.25, 0.3) is 0 Å². The maximum Gasteiger partial charge on any atom is 0.0549 e. The molecule has 8 aromatic rings. The van der Waals surface area contributed by atoms with E-state index in [0.29, 0.717) is 0 Å². The number of hydrogen-bond acceptors (Lipinski definition) is 1. The lowest BCUT2D eigenvalue weighted by molar-refractivity contribution is 0.666. The Morgan fingerprint density at radius 1 is 0.400 bits per heavy atom. The van der Waals surface area contributed by atoms with E-state index in [9.17, 15) is 0 Å². The highest BCUT2D eigenvalue weighted by atomic mass is 15.1. The van der Waals surface area contributed by atoms with Crippen LogP contribution in [0.5, 0.6) is 0 Å². The summed E-state index contributed by atoms with van der Waals surface area (Å²) in [6, 6.07) is 68.5. The number of nitrogens with zero attached hydrogens (tertiary/aromatic N) is 1. The zero-order valence-corrected chi connectivity index (χ0v) is 28.3. The van der Waals surface area contributed by atoms with Crippen molar-refractivity contribution < 1.29 is 0 Å². The summed E-state index contributed by atoms with van der Waals surface area (Å²) in [7, 11) is 0. The third-order valence-corrected chi connectivity index (χ3v) is 10.4. The molecule has 0 unspecified atom stereocenters. The van der Waals surface area contributed by atoms with Gasteiger partial charge >= 0.3 is 0 Å². The Bertz CT molecular complexity index is 2490. The fraction of sp³-hybridized carbons (Fsp3) is 0.0612. The van der Waals surface area contributed by atoms with Gasteiger partial charge in [0.15, 0.2) is 0 Å². The Labute approximate surface area is 294 Å². The summed E-state index contributed by atoms with van der Waals surface area (Å²) in [6.07, 6.45) is 0. The largest absolute Gasteiger partial charge is 0.310 e. The van der Waals surface area contributed by atoms with Crippen molar-refractivity contribution in [3.63, 3.8) is 0 Å². The number of rotatable bonds is 6. The molecule has 0 amide bonds. The molecule has 1 heteroatoms. The molecular formula is C49H37N. The minimum Gasteiger partial charge on any atom is -0.310 e. The molecule has 8 aromatic carbocycles. The van der Waals surface area contributed by atoms with Gasteiger partial charge in [0.1, 0.15) is 0 Å². The molecule has 9 rings (SSSR count). The second-order valence-electron chi connectivity index (χ2n) is 13.8. The van der Waals surface area contributed by atoms with Gasteiger partial charge in [-0.3, -0.25) is 0 Å². The SMILES string of the molecule is CC1(C)c2ccccc2-c2c(N(c3ccc(-c4cccc(-c5ccccc5)c4)cc3)c3cccc(-c4ccccc4)c3)cc3ccccc3c21. The normalized spacial score (nSPS) is 12.8. The van der Waals surface area contributed by atoms with Gasteiger partial charge in [-0.15, -0.1) is 0 Å². The number of anilines is 3. The molecule has 0 aliphatic heterocycles. The smallest absolute Gasteiger partial charge is 0.0549 e. The minimum atomic E-state index is -0.146. The van der Waals surface area contributed by atoms with Crippen molar-refractivity contribution in [1.29, 1.82) is 0 Å². The first-order chi connectivity index (χ1) is 24.6. The van der Waals surface area contributed by atoms with Crippen LogP contribution in [0.3, 0.4) is 0 Å². The Morgan fingerprint density at radius 3 is 1.64 bits per heavy atom. The molecule has 1 aliphatic rings. The maximum absolute atomic E-state index is 2.47. The summed E-state index contributed by atoms with van der Waals surface area (Å²) < 4.78 is 0. The fourth-order valence-electron chi connectivity index (χ4n) is 8.01. The summed E-state index contributed by atoms with van der Waals surface area (Å²) in [4.78, 5) is 2.47. The van der Waals surface area contributed by atoms with Gasteiger partial charge in [-0.25, -0.2) is 0 Å². The topological polar surface area (TPSA) is 3.24 Å². The van der Waals surface area contributed by atoms with Crippen molar-refractivity contribution in [3.05, 3.63) is 199 Å². The highest BCUT2D eigenvalue weighted by molar-refractivity contribution is 6.06. The van der Waals surface area contributed by atoms with Crippen molar-refractivity contribution in [2.45, 2.75) is 19.3 Å². The molecule has 1 aliphatic carbocycles. The van der Waals surface area contributed by atoms with Crippen LogP contribution < -0.4 is 4.90 Å². The number of hydrogen-bond donors (Lipinski definition) is 0. The van der Waals surface area contributed by atoms with Crippen LogP contribution in [0.15, 0.2) is 188 Å². The predicted molar refractivity (Wildman–Crippen MR) is 213 cm³/mol. The molecule has 0 saturated heterocycles. The first-order valence-corrected chi connectivity index (χ1v) is 17.4. The van der Waals surface area contributed by atoms with Gasteiger partial charge in [-0.2, -0.15) is 0 Å². The third kappa shape index (κ3) is 5.02. The lowest BCUT2D eigenvalue weighted by Crippen LogP contribution is -2.17. The summed E-state index contributed by atoms with van der Waals surface area (Å²) in [5.74, 6) is 0. The first-order valence-electron chi connectivity index (χ1n) is 17.4. The molecule has 0 spiro atoms. The molecular weight excluding hydrogens is 603 g/mol. The summed E-state index contributed by atoms with van der Waals surface area (Å²) in [6.45, 7) is 4.76. The zero-order chi connectivity index (χ0) is 33.7. The van der Waals surface area contributed by atoms with Gasteiger partial charge in [-0.1, -0.05) is 166 Å². The first kappa shape index (κ1) is 29.9. The number of benzene rings is 8. The van der Waals surface area contributed by atoms with Crippen LogP contribution in [-0.4, -0.2) is 0 Å². The van der Waals surface area contributed by atoms with Crippen LogP contribution in [0, 0.1) is 0 Å². The molecule has 238 valence electrons. The highest BCUT2D eigenvalue weighted by Gasteiger charge is 2.39. The molecule has 0 saturated carbocycles. The lowest BCUT2D eigenvalue weighted by Gasteiger charge is -2.30. The van der Waals surface area contributed by atoms with Crippen LogP contribution >= 0.6 is 0 Å². The monoisotopic (exact) mass is 639 g/mol. The lowest BCUT2D eigenvalue weighted by atomic mass is 9.80. The molecule has 0 atom stereocenters. The van der Waals surface area contributed by atoms with Gasteiger partial charge in [0, 0.05) is 22.4 Å². The number of fused-ring (bicyclic) bond motifs is 5. The fourth-order valence-corrected chi connectivity index (χ4v) is 8.01. The summed E-state index contributed by atoms with van der Waals surface area (Å²) in [5.41, 5.74) is 15.9. The second-order valence-corrected chi connectivity index (χ2v) is 13.8. The average Bonchev–Trinajstić information content (AvgIpc) is 3.43. The van der Waals surface area contributed by atoms with Crippen molar-refractivity contribution in [2.24, 2.45) is 0 Å². The van der Waals surface area contributed by atoms with Crippen molar-refractivity contribution in [2.75, 3.05) is 4.90 Å². The minimum absolute atomic E-state index is 0.146. The van der Waals surface area contributed by atoms with Gasteiger partial charge < -0.3 is 4.90 Å². The van der Waals surface area contributed by atoms with Crippen LogP contribution in [-0.2, 0) is 5.41 Å². The van der Waals surface area contributed by atoms with Crippen molar-refractivity contribution in [1.82, 2.24) is 0 Å². The van der Waals surface area contributed by atoms with Crippen LogP contribution in [0.2, 0.25) is 0 Å². The van der Waals surface area contributed by atoms with E-state index in [0.717, 1.165) is 11.4 Å². The van der Waals surface area contributed by atoms with E-state index in [1.165, 1.54) is 72.1 Å². The van der Waals surface area contributed by atoms with E-state index in [1.807, 2.05) is 0 Å². The third-order valence-electron chi connectivity index (χ3n) is 10.4. The van der Waals surface area contributed by atoms with Crippen molar-refractivity contribution >= 4 is 27.8 Å². The molecule has 0 radical (unpaired) electrons. The predicted octanol–water partition coefficient (Wildman–Crippen LogP) is 13.6. The van der Waals surface area contributed by atoms with E-state index in [4.69, 9.17) is 0 Å². The van der Waals surface area contributed by atoms with Crippen LogP contribution in [0.4, 0.5) is 17.1 Å². The molecule has 0 aromatic heterocycles. The molecule has 0 bridgehead atoms. The van der Waals surface area contributed by atoms with Gasteiger partial charge in [0.2, 0.25) is 0 Å². The average molecular weight is 640 g/mol. The quantitative estimate of drug-likeness (QED) is 0.175. The molecule has 0 N–H and O–H groups in total. The van der Waals surface area contributed by atoms with Crippen LogP contribution in [0.1, 0.15) is 25.0 Å². The maximum atomic E-state index is 2.47. The Morgan fingerprint density at radius 2 is 0.940 bits per heavy atom. The zero-order valence-electron chi connectivity index (χ0n) is 28.3. The molecule has 50 heavy (non-hydrogen) atoms. The second kappa shape index (κ2) is 12.1. The van der Waals surface area contributed by atoms with E-state index >= 15 is 0 Å². The molecule has 0 fully saturated rings. The van der Waals surface area contributed by atoms with Crippen LogP contribution in [0.25, 0.3) is 55.3 Å². The van der Waals surface area contributed by atoms with E-state index in [2.05, 4.69) is 207 Å². The highest BCUT2D eigenvalue weighted by Crippen LogP contribution is 2.56. The molecule has 0 heterocycles. The van der Waals surface area contributed by atoms with Crippen molar-refractivity contribution in [3.8, 4) is 44.5 Å². The van der Waals surface area contributed by atoms with Gasteiger partial charge in [-0.05, 0) is 97.2 Å². The van der Waals surface area contributed by atoms with E-state index in [1.54, 1.807) is 0 Å². The molecule has 1 nitrogen and oxygen atoms in total. The summed E-state index contributed by atoms with van der Waals surface area (Å²) in [5, 5.41) is 2.57. The Kier molecular flexibility index (Phi) is 7.21. The standard InChI is InChI=1S/C49H37N/c1-49(2)45-26-12-11-25-44(45)47-46(33-40-19-9-10-24-43(40)48(47)49)50(42-23-14-22-39(32-42)35-17-7-4-8-18-35)41-29-27-36(28-30-41)38-21-13-20-37(31-38)34-15-5-3-6-16-34/h3-33H,1-2H3. The van der Waals surface area contributed by atoms with Gasteiger partial charge in [0.05, 0.1) is 5.69 Å². The van der Waals surface area contributed by atoms with E-state index < -0.39 is 0 Å². The van der Waals surface area contributed by atoms with E-state index in [-0.39, 0.29) is 5.41 Å².